The highest BCUT2D eigenvalue weighted by atomic mass is 32.1. The molecule has 0 fully saturated rings. The Kier molecular flexibility index (Phi) is 4.70. The fourth-order valence-corrected chi connectivity index (χ4v) is 3.11. The number of rotatable bonds is 7. The molecule has 0 saturated carbocycles. The van der Waals surface area contributed by atoms with Gasteiger partial charge in [0.1, 0.15) is 0 Å². The van der Waals surface area contributed by atoms with Gasteiger partial charge < -0.3 is 9.88 Å². The van der Waals surface area contributed by atoms with Gasteiger partial charge in [-0.15, -0.1) is 0 Å². The van der Waals surface area contributed by atoms with Crippen molar-refractivity contribution >= 4 is 17.2 Å². The van der Waals surface area contributed by atoms with Crippen molar-refractivity contribution in [2.45, 2.75) is 19.0 Å². The van der Waals surface area contributed by atoms with Crippen LogP contribution in [0.4, 0.5) is 0 Å². The molecule has 3 heterocycles. The Balaban J connectivity index is 1.57. The summed E-state index contributed by atoms with van der Waals surface area (Å²) in [5.74, 6) is 0.0528. The van der Waals surface area contributed by atoms with Gasteiger partial charge >= 0.3 is 0 Å². The van der Waals surface area contributed by atoms with Gasteiger partial charge in [-0.25, -0.2) is 0 Å². The minimum absolute atomic E-state index is 0.0472. The number of thiophene rings is 1. The summed E-state index contributed by atoms with van der Waals surface area (Å²) in [4.78, 5) is 12.2. The molecule has 1 N–H and O–H groups in total. The van der Waals surface area contributed by atoms with E-state index in [1.54, 1.807) is 17.5 Å². The second-order valence-electron chi connectivity index (χ2n) is 5.03. The normalized spacial score (nSPS) is 12.2. The van der Waals surface area contributed by atoms with Crippen molar-refractivity contribution in [3.63, 3.8) is 0 Å². The first-order valence-electron chi connectivity index (χ1n) is 7.21. The monoisotopic (exact) mass is 314 g/mol. The first-order valence-corrected chi connectivity index (χ1v) is 8.16. The van der Waals surface area contributed by atoms with E-state index in [4.69, 9.17) is 0 Å². The standard InChI is InChI=1S/C16H18N4OS/c21-16(17-6-10-20-9-3-5-18-20)12-15(14-4-11-22-13-14)19-7-1-2-8-19/h1-5,7-9,11,13,15H,6,10,12H2,(H,17,21)/t15-/m0/s1. The second-order valence-corrected chi connectivity index (χ2v) is 5.81. The molecule has 3 rings (SSSR count). The Morgan fingerprint density at radius 3 is 2.82 bits per heavy atom. The molecule has 1 amide bonds. The molecule has 0 unspecified atom stereocenters. The Hall–Kier alpha value is -2.34. The molecule has 0 aliphatic heterocycles. The van der Waals surface area contributed by atoms with Gasteiger partial charge in [-0.05, 0) is 40.6 Å². The van der Waals surface area contributed by atoms with E-state index >= 15 is 0 Å². The zero-order valence-electron chi connectivity index (χ0n) is 12.1. The lowest BCUT2D eigenvalue weighted by Gasteiger charge is -2.18. The third kappa shape index (κ3) is 3.65. The molecule has 6 heteroatoms. The number of aromatic nitrogens is 3. The predicted octanol–water partition coefficient (Wildman–Crippen LogP) is 2.54. The Morgan fingerprint density at radius 2 is 2.14 bits per heavy atom. The molecule has 22 heavy (non-hydrogen) atoms. The van der Waals surface area contributed by atoms with Crippen molar-refractivity contribution < 1.29 is 4.79 Å². The van der Waals surface area contributed by atoms with Crippen LogP contribution in [-0.2, 0) is 11.3 Å². The largest absolute Gasteiger partial charge is 0.354 e. The average molecular weight is 314 g/mol. The predicted molar refractivity (Wildman–Crippen MR) is 86.7 cm³/mol. The SMILES string of the molecule is O=C(C[C@@H](c1ccsc1)n1cccc1)NCCn1cccn1. The van der Waals surface area contributed by atoms with Crippen LogP contribution in [0.1, 0.15) is 18.0 Å². The van der Waals surface area contributed by atoms with Crippen molar-refractivity contribution in [1.82, 2.24) is 19.7 Å². The highest BCUT2D eigenvalue weighted by molar-refractivity contribution is 7.07. The molecular weight excluding hydrogens is 296 g/mol. The number of carbonyl (C=O) groups is 1. The number of nitrogens with one attached hydrogen (secondary N) is 1. The molecular formula is C16H18N4OS. The van der Waals surface area contributed by atoms with Gasteiger partial charge in [0.2, 0.25) is 5.91 Å². The Labute approximate surface area is 133 Å². The van der Waals surface area contributed by atoms with E-state index in [-0.39, 0.29) is 11.9 Å². The summed E-state index contributed by atoms with van der Waals surface area (Å²) >= 11 is 1.65. The summed E-state index contributed by atoms with van der Waals surface area (Å²) in [5.41, 5.74) is 1.17. The highest BCUT2D eigenvalue weighted by Gasteiger charge is 2.17. The van der Waals surface area contributed by atoms with Crippen LogP contribution < -0.4 is 5.32 Å². The first kappa shape index (κ1) is 14.6. The summed E-state index contributed by atoms with van der Waals surface area (Å²) in [6, 6.07) is 7.96. The number of nitrogens with zero attached hydrogens (tertiary/aromatic N) is 3. The molecule has 1 atom stereocenters. The van der Waals surface area contributed by atoms with E-state index in [1.807, 2.05) is 46.9 Å². The zero-order chi connectivity index (χ0) is 15.2. The second kappa shape index (κ2) is 7.09. The lowest BCUT2D eigenvalue weighted by molar-refractivity contribution is -0.121. The highest BCUT2D eigenvalue weighted by Crippen LogP contribution is 2.24. The molecule has 0 aliphatic carbocycles. The molecule has 0 aromatic carbocycles. The van der Waals surface area contributed by atoms with Gasteiger partial charge in [0, 0.05) is 31.3 Å². The molecule has 0 bridgehead atoms. The number of amides is 1. The third-order valence-electron chi connectivity index (χ3n) is 3.52. The van der Waals surface area contributed by atoms with E-state index in [9.17, 15) is 4.79 Å². The van der Waals surface area contributed by atoms with E-state index < -0.39 is 0 Å². The minimum Gasteiger partial charge on any atom is -0.354 e. The lowest BCUT2D eigenvalue weighted by atomic mass is 10.1. The topological polar surface area (TPSA) is 51.9 Å². The third-order valence-corrected chi connectivity index (χ3v) is 4.22. The fraction of sp³-hybridized carbons (Fsp3) is 0.250. The maximum atomic E-state index is 12.2. The fourth-order valence-electron chi connectivity index (χ4n) is 2.41. The van der Waals surface area contributed by atoms with Crippen molar-refractivity contribution in [2.75, 3.05) is 6.54 Å². The van der Waals surface area contributed by atoms with Crippen LogP contribution in [0.5, 0.6) is 0 Å². The van der Waals surface area contributed by atoms with Gasteiger partial charge in [-0.3, -0.25) is 9.48 Å². The first-order chi connectivity index (χ1) is 10.8. The van der Waals surface area contributed by atoms with E-state index in [2.05, 4.69) is 26.4 Å². The van der Waals surface area contributed by atoms with Gasteiger partial charge in [-0.1, -0.05) is 0 Å². The maximum Gasteiger partial charge on any atom is 0.222 e. The van der Waals surface area contributed by atoms with Crippen molar-refractivity contribution in [2.24, 2.45) is 0 Å². The number of hydrogen-bond donors (Lipinski definition) is 1. The average Bonchev–Trinajstić information content (AvgIpc) is 3.26. The maximum absolute atomic E-state index is 12.2. The van der Waals surface area contributed by atoms with E-state index in [0.29, 0.717) is 19.5 Å². The molecule has 114 valence electrons. The van der Waals surface area contributed by atoms with Gasteiger partial charge in [0.15, 0.2) is 0 Å². The van der Waals surface area contributed by atoms with Gasteiger partial charge in [0.05, 0.1) is 19.0 Å². The van der Waals surface area contributed by atoms with Crippen LogP contribution >= 0.6 is 11.3 Å². The molecule has 0 aliphatic rings. The zero-order valence-corrected chi connectivity index (χ0v) is 12.9. The summed E-state index contributed by atoms with van der Waals surface area (Å²) in [6.07, 6.45) is 8.06. The molecule has 0 saturated heterocycles. The van der Waals surface area contributed by atoms with Crippen molar-refractivity contribution in [3.8, 4) is 0 Å². The summed E-state index contributed by atoms with van der Waals surface area (Å²) in [6.45, 7) is 1.27. The summed E-state index contributed by atoms with van der Waals surface area (Å²) < 4.78 is 3.89. The minimum atomic E-state index is 0.0472. The van der Waals surface area contributed by atoms with Crippen LogP contribution in [0.2, 0.25) is 0 Å². The molecule has 0 radical (unpaired) electrons. The smallest absolute Gasteiger partial charge is 0.222 e. The lowest BCUT2D eigenvalue weighted by Crippen LogP contribution is -2.29. The molecule has 5 nitrogen and oxygen atoms in total. The van der Waals surface area contributed by atoms with Crippen LogP contribution in [-0.4, -0.2) is 26.8 Å². The van der Waals surface area contributed by atoms with Crippen molar-refractivity contribution in [1.29, 1.82) is 0 Å². The summed E-state index contributed by atoms with van der Waals surface area (Å²) in [5, 5.41) is 11.2. The van der Waals surface area contributed by atoms with Gasteiger partial charge in [-0.2, -0.15) is 16.4 Å². The molecule has 3 aromatic heterocycles. The quantitative estimate of drug-likeness (QED) is 0.728. The van der Waals surface area contributed by atoms with E-state index in [1.165, 1.54) is 5.56 Å². The van der Waals surface area contributed by atoms with Crippen LogP contribution in [0.25, 0.3) is 0 Å². The van der Waals surface area contributed by atoms with Crippen molar-refractivity contribution in [3.05, 3.63) is 65.4 Å². The Morgan fingerprint density at radius 1 is 1.27 bits per heavy atom. The van der Waals surface area contributed by atoms with Crippen LogP contribution in [0.15, 0.2) is 59.8 Å². The number of carbonyl (C=O) groups excluding carboxylic acids is 1. The Bertz CT molecular complexity index is 640. The molecule has 0 spiro atoms. The van der Waals surface area contributed by atoms with Crippen LogP contribution in [0, 0.1) is 0 Å². The van der Waals surface area contributed by atoms with Crippen LogP contribution in [0.3, 0.4) is 0 Å². The molecule has 3 aromatic rings. The number of hydrogen-bond acceptors (Lipinski definition) is 3. The summed E-state index contributed by atoms with van der Waals surface area (Å²) in [7, 11) is 0. The van der Waals surface area contributed by atoms with E-state index in [0.717, 1.165) is 0 Å². The van der Waals surface area contributed by atoms with Gasteiger partial charge in [0.25, 0.3) is 0 Å².